The van der Waals surface area contributed by atoms with Gasteiger partial charge in [0.05, 0.1) is 23.3 Å². The second-order valence-electron chi connectivity index (χ2n) is 12.7. The molecule has 0 spiro atoms. The largest absolute Gasteiger partial charge is 0.368 e. The number of rotatable bonds is 14. The average Bonchev–Trinajstić information content (AvgIpc) is 3.55. The molecule has 2 heterocycles. The van der Waals surface area contributed by atoms with Crippen molar-refractivity contribution in [3.63, 3.8) is 0 Å². The highest BCUT2D eigenvalue weighted by atomic mass is 33.1. The van der Waals surface area contributed by atoms with Crippen LogP contribution in [0.5, 0.6) is 0 Å². The average molecular weight is 693 g/mol. The lowest BCUT2D eigenvalue weighted by Crippen LogP contribution is -2.57. The zero-order valence-electron chi connectivity index (χ0n) is 27.8. The topological polar surface area (TPSA) is 164 Å². The number of primary amides is 1. The number of hydrogen-bond acceptors (Lipinski definition) is 8. The second kappa shape index (κ2) is 16.8. The molecule has 3 atom stereocenters. The molecule has 5 amide bonds. The van der Waals surface area contributed by atoms with Gasteiger partial charge < -0.3 is 26.6 Å². The van der Waals surface area contributed by atoms with Crippen LogP contribution in [0.4, 0.5) is 0 Å². The summed E-state index contributed by atoms with van der Waals surface area (Å²) in [6.07, 6.45) is 1.70. The standard InChI is InChI=1S/C35H44N6O5S2/c1-5-25-24(19-23-14-9-10-15-26(23)38-25)31(43)40-28(21-47-48-35(2,3)4)34(46)41-17-11-16-29(41)33(45)39-27(32(44)37-20-30(36)42)18-22-12-7-6-8-13-22/h6-10,12-15,19,27-29H,5,11,16-18,20-21H2,1-4H3,(H2,36,42)(H,37,44)(H,39,45)(H,40,43)/t27-,28-,29-/m0/s1. The smallest absolute Gasteiger partial charge is 0.253 e. The number of para-hydroxylation sites is 1. The Bertz CT molecular complexity index is 1630. The van der Waals surface area contributed by atoms with Gasteiger partial charge in [0.15, 0.2) is 0 Å². The molecule has 0 unspecified atom stereocenters. The van der Waals surface area contributed by atoms with Gasteiger partial charge in [0.2, 0.25) is 23.6 Å². The normalized spacial score (nSPS) is 15.8. The van der Waals surface area contributed by atoms with Gasteiger partial charge >= 0.3 is 0 Å². The number of fused-ring (bicyclic) bond motifs is 1. The van der Waals surface area contributed by atoms with E-state index in [0.717, 1.165) is 16.5 Å². The van der Waals surface area contributed by atoms with E-state index in [4.69, 9.17) is 10.7 Å². The summed E-state index contributed by atoms with van der Waals surface area (Å²) in [7, 11) is 3.09. The third kappa shape index (κ3) is 10.2. The van der Waals surface area contributed by atoms with E-state index < -0.39 is 41.8 Å². The Morgan fingerprint density at radius 2 is 1.71 bits per heavy atom. The van der Waals surface area contributed by atoms with Crippen LogP contribution < -0.4 is 21.7 Å². The lowest BCUT2D eigenvalue weighted by atomic mass is 10.0. The van der Waals surface area contributed by atoms with Crippen molar-refractivity contribution in [3.8, 4) is 0 Å². The Hall–Kier alpha value is -4.10. The number of nitrogens with two attached hydrogens (primary N) is 1. The first-order valence-electron chi connectivity index (χ1n) is 16.1. The molecule has 0 bridgehead atoms. The van der Waals surface area contributed by atoms with Gasteiger partial charge in [-0.15, -0.1) is 0 Å². The highest BCUT2D eigenvalue weighted by molar-refractivity contribution is 8.77. The molecule has 13 heteroatoms. The van der Waals surface area contributed by atoms with Crippen molar-refractivity contribution in [1.29, 1.82) is 0 Å². The Morgan fingerprint density at radius 1 is 1.00 bits per heavy atom. The van der Waals surface area contributed by atoms with Crippen LogP contribution in [0.25, 0.3) is 10.9 Å². The maximum Gasteiger partial charge on any atom is 0.253 e. The van der Waals surface area contributed by atoms with E-state index in [1.54, 1.807) is 16.9 Å². The van der Waals surface area contributed by atoms with Crippen LogP contribution >= 0.6 is 21.6 Å². The quantitative estimate of drug-likeness (QED) is 0.187. The summed E-state index contributed by atoms with van der Waals surface area (Å²) >= 11 is 0. The van der Waals surface area contributed by atoms with Gasteiger partial charge in [-0.05, 0) is 37.0 Å². The first kappa shape index (κ1) is 36.7. The Kier molecular flexibility index (Phi) is 12.9. The summed E-state index contributed by atoms with van der Waals surface area (Å²) in [4.78, 5) is 72.3. The molecule has 5 N–H and O–H groups in total. The van der Waals surface area contributed by atoms with E-state index in [0.29, 0.717) is 37.1 Å². The van der Waals surface area contributed by atoms with Crippen LogP contribution in [-0.4, -0.2) is 81.1 Å². The molecule has 48 heavy (non-hydrogen) atoms. The first-order chi connectivity index (χ1) is 22.9. The lowest BCUT2D eigenvalue weighted by molar-refractivity contribution is -0.140. The summed E-state index contributed by atoms with van der Waals surface area (Å²) in [5, 5.41) is 9.08. The molecular weight excluding hydrogens is 649 g/mol. The van der Waals surface area contributed by atoms with Crippen LogP contribution in [0, 0.1) is 0 Å². The van der Waals surface area contributed by atoms with Crippen molar-refractivity contribution in [1.82, 2.24) is 25.8 Å². The van der Waals surface area contributed by atoms with Gasteiger partial charge in [0, 0.05) is 28.9 Å². The van der Waals surface area contributed by atoms with Gasteiger partial charge in [-0.3, -0.25) is 29.0 Å². The van der Waals surface area contributed by atoms with Crippen LogP contribution in [0.1, 0.15) is 62.2 Å². The molecule has 1 saturated heterocycles. The Morgan fingerprint density at radius 3 is 2.40 bits per heavy atom. The molecular formula is C35H44N6O5S2. The van der Waals surface area contributed by atoms with Gasteiger partial charge in [0.1, 0.15) is 18.1 Å². The minimum Gasteiger partial charge on any atom is -0.368 e. The highest BCUT2D eigenvalue weighted by Crippen LogP contribution is 2.35. The minimum absolute atomic E-state index is 0.0845. The van der Waals surface area contributed by atoms with Crippen LogP contribution in [0.15, 0.2) is 60.7 Å². The molecule has 1 aromatic heterocycles. The first-order valence-corrected chi connectivity index (χ1v) is 18.4. The van der Waals surface area contributed by atoms with Crippen LogP contribution in [0.3, 0.4) is 0 Å². The van der Waals surface area contributed by atoms with E-state index >= 15 is 0 Å². The SMILES string of the molecule is CCc1nc2ccccc2cc1C(=O)N[C@@H](CSSC(C)(C)C)C(=O)N1CCC[C@H]1C(=O)N[C@@H](Cc1ccccc1)C(=O)NCC(N)=O. The summed E-state index contributed by atoms with van der Waals surface area (Å²) in [6, 6.07) is 15.8. The van der Waals surface area contributed by atoms with Crippen molar-refractivity contribution in [2.24, 2.45) is 5.73 Å². The van der Waals surface area contributed by atoms with Gasteiger partial charge in [-0.2, -0.15) is 0 Å². The number of carbonyl (C=O) groups excluding carboxylic acids is 5. The maximum absolute atomic E-state index is 14.2. The van der Waals surface area contributed by atoms with Crippen molar-refractivity contribution in [3.05, 3.63) is 77.5 Å². The van der Waals surface area contributed by atoms with E-state index in [-0.39, 0.29) is 29.4 Å². The number of aromatic nitrogens is 1. The van der Waals surface area contributed by atoms with Gasteiger partial charge in [-0.1, -0.05) is 97.8 Å². The number of pyridine rings is 1. The van der Waals surface area contributed by atoms with Gasteiger partial charge in [-0.25, -0.2) is 0 Å². The molecule has 1 aliphatic rings. The number of hydrogen-bond donors (Lipinski definition) is 4. The maximum atomic E-state index is 14.2. The molecule has 0 aliphatic carbocycles. The van der Waals surface area contributed by atoms with Crippen molar-refractivity contribution in [2.45, 2.75) is 76.3 Å². The Labute approximate surface area is 289 Å². The van der Waals surface area contributed by atoms with E-state index in [9.17, 15) is 24.0 Å². The number of likely N-dealkylation sites (tertiary alicyclic amines) is 1. The molecule has 3 aromatic rings. The zero-order valence-corrected chi connectivity index (χ0v) is 29.4. The fourth-order valence-corrected chi connectivity index (χ4v) is 7.90. The van der Waals surface area contributed by atoms with Crippen LogP contribution in [-0.2, 0) is 32.0 Å². The predicted octanol–water partition coefficient (Wildman–Crippen LogP) is 3.40. The Balaban J connectivity index is 1.55. The predicted molar refractivity (Wildman–Crippen MR) is 191 cm³/mol. The second-order valence-corrected chi connectivity index (χ2v) is 15.8. The fourth-order valence-electron chi connectivity index (χ4n) is 5.44. The molecule has 2 aromatic carbocycles. The third-order valence-corrected chi connectivity index (χ3v) is 11.1. The fraction of sp³-hybridized carbons (Fsp3) is 0.429. The van der Waals surface area contributed by atoms with Crippen LogP contribution in [0.2, 0.25) is 0 Å². The number of aryl methyl sites for hydroxylation is 1. The lowest BCUT2D eigenvalue weighted by Gasteiger charge is -2.30. The van der Waals surface area contributed by atoms with Crippen molar-refractivity contribution in [2.75, 3.05) is 18.8 Å². The van der Waals surface area contributed by atoms with Crippen molar-refractivity contribution >= 4 is 62.0 Å². The number of nitrogens with zero attached hydrogens (tertiary/aromatic N) is 2. The molecule has 4 rings (SSSR count). The summed E-state index contributed by atoms with van der Waals surface area (Å²) in [6.45, 7) is 8.10. The number of benzene rings is 2. The monoisotopic (exact) mass is 692 g/mol. The van der Waals surface area contributed by atoms with E-state index in [2.05, 4.69) is 36.7 Å². The molecule has 1 fully saturated rings. The number of carbonyl (C=O) groups is 5. The molecule has 0 radical (unpaired) electrons. The summed E-state index contributed by atoms with van der Waals surface area (Å²) in [5.74, 6) is -2.23. The zero-order chi connectivity index (χ0) is 34.8. The van der Waals surface area contributed by atoms with E-state index in [1.165, 1.54) is 15.7 Å². The van der Waals surface area contributed by atoms with E-state index in [1.807, 2.05) is 61.5 Å². The minimum atomic E-state index is -1.00. The molecule has 256 valence electrons. The molecule has 1 aliphatic heterocycles. The molecule has 11 nitrogen and oxygen atoms in total. The number of nitrogens with one attached hydrogen (secondary N) is 3. The third-order valence-electron chi connectivity index (χ3n) is 7.72. The van der Waals surface area contributed by atoms with Crippen molar-refractivity contribution < 1.29 is 24.0 Å². The number of amides is 5. The highest BCUT2D eigenvalue weighted by Gasteiger charge is 2.39. The summed E-state index contributed by atoms with van der Waals surface area (Å²) in [5.41, 5.74) is 7.86. The molecule has 0 saturated carbocycles. The van der Waals surface area contributed by atoms with Gasteiger partial charge in [0.25, 0.3) is 5.91 Å². The summed E-state index contributed by atoms with van der Waals surface area (Å²) < 4.78 is -0.0845.